The van der Waals surface area contributed by atoms with Gasteiger partial charge >= 0.3 is 0 Å². The van der Waals surface area contributed by atoms with Crippen molar-refractivity contribution >= 4 is 5.69 Å². The summed E-state index contributed by atoms with van der Waals surface area (Å²) in [5.74, 6) is 0.755. The van der Waals surface area contributed by atoms with Gasteiger partial charge in [-0.05, 0) is 32.0 Å². The van der Waals surface area contributed by atoms with Crippen LogP contribution in [0.5, 0.6) is 0 Å². The van der Waals surface area contributed by atoms with Crippen LogP contribution in [-0.4, -0.2) is 49.7 Å². The minimum Gasteiger partial charge on any atom is -0.368 e. The van der Waals surface area contributed by atoms with Crippen LogP contribution in [0.3, 0.4) is 0 Å². The largest absolute Gasteiger partial charge is 0.368 e. The maximum Gasteiger partial charge on any atom is 0.0571 e. The third kappa shape index (κ3) is 3.93. The fraction of sp³-hybridized carbons (Fsp3) is 0.688. The van der Waals surface area contributed by atoms with E-state index in [2.05, 4.69) is 53.0 Å². The molecule has 1 aliphatic rings. The van der Waals surface area contributed by atoms with Crippen LogP contribution in [0.15, 0.2) is 18.3 Å². The molecule has 1 N–H and O–H groups in total. The molecule has 0 spiro atoms. The molecule has 1 atom stereocenters. The molecule has 1 fully saturated rings. The topological polar surface area (TPSA) is 31.4 Å². The normalized spacial score (nSPS) is 18.6. The Hall–Kier alpha value is -1.13. The number of aromatic nitrogens is 1. The molecule has 1 aromatic rings. The molecular formula is C16H28N4. The molecule has 1 unspecified atom stereocenters. The van der Waals surface area contributed by atoms with Gasteiger partial charge in [0.1, 0.15) is 0 Å². The van der Waals surface area contributed by atoms with Crippen LogP contribution in [0.4, 0.5) is 5.69 Å². The minimum atomic E-state index is 0.312. The second-order valence-electron chi connectivity index (χ2n) is 6.13. The Morgan fingerprint density at radius 1 is 1.15 bits per heavy atom. The zero-order valence-electron chi connectivity index (χ0n) is 13.3. The molecule has 4 heteroatoms. The molecule has 0 aliphatic carbocycles. The zero-order chi connectivity index (χ0) is 14.5. The lowest BCUT2D eigenvalue weighted by Gasteiger charge is -2.36. The van der Waals surface area contributed by atoms with Gasteiger partial charge < -0.3 is 10.2 Å². The van der Waals surface area contributed by atoms with E-state index in [1.54, 1.807) is 0 Å². The fourth-order valence-corrected chi connectivity index (χ4v) is 2.69. The lowest BCUT2D eigenvalue weighted by atomic mass is 10.1. The van der Waals surface area contributed by atoms with Crippen LogP contribution in [0.2, 0.25) is 0 Å². The monoisotopic (exact) mass is 276 g/mol. The first kappa shape index (κ1) is 15.3. The van der Waals surface area contributed by atoms with Gasteiger partial charge in [-0.1, -0.05) is 13.8 Å². The molecule has 4 nitrogen and oxygen atoms in total. The molecule has 0 radical (unpaired) electrons. The van der Waals surface area contributed by atoms with Crippen molar-refractivity contribution in [2.45, 2.75) is 26.8 Å². The fourth-order valence-electron chi connectivity index (χ4n) is 2.69. The smallest absolute Gasteiger partial charge is 0.0571 e. The maximum absolute atomic E-state index is 4.57. The Kier molecular flexibility index (Phi) is 5.38. The number of hydrogen-bond acceptors (Lipinski definition) is 4. The minimum absolute atomic E-state index is 0.312. The van der Waals surface area contributed by atoms with Crippen molar-refractivity contribution in [1.29, 1.82) is 0 Å². The van der Waals surface area contributed by atoms with Gasteiger partial charge in [-0.3, -0.25) is 9.88 Å². The third-order valence-corrected chi connectivity index (χ3v) is 4.01. The maximum atomic E-state index is 4.57. The summed E-state index contributed by atoms with van der Waals surface area (Å²) in [6, 6.07) is 4.65. The van der Waals surface area contributed by atoms with E-state index in [4.69, 9.17) is 0 Å². The van der Waals surface area contributed by atoms with Gasteiger partial charge in [0.15, 0.2) is 0 Å². The highest BCUT2D eigenvalue weighted by atomic mass is 15.3. The highest BCUT2D eigenvalue weighted by Crippen LogP contribution is 2.18. The Labute approximate surface area is 123 Å². The van der Waals surface area contributed by atoms with Gasteiger partial charge in [-0.2, -0.15) is 0 Å². The molecule has 0 saturated carbocycles. The average molecular weight is 276 g/mol. The lowest BCUT2D eigenvalue weighted by Crippen LogP contribution is -2.47. The van der Waals surface area contributed by atoms with E-state index in [-0.39, 0.29) is 0 Å². The summed E-state index contributed by atoms with van der Waals surface area (Å²) in [6.07, 6.45) is 2.02. The SMILES string of the molecule is CNC(C)c1ccc(N2CCN(CC(C)C)CC2)cn1. The van der Waals surface area contributed by atoms with E-state index in [1.165, 1.54) is 12.2 Å². The van der Waals surface area contributed by atoms with Gasteiger partial charge in [-0.25, -0.2) is 0 Å². The van der Waals surface area contributed by atoms with E-state index >= 15 is 0 Å². The number of pyridine rings is 1. The van der Waals surface area contributed by atoms with E-state index < -0.39 is 0 Å². The zero-order valence-corrected chi connectivity index (χ0v) is 13.3. The summed E-state index contributed by atoms with van der Waals surface area (Å²) in [5, 5.41) is 3.22. The van der Waals surface area contributed by atoms with Crippen molar-refractivity contribution in [3.8, 4) is 0 Å². The summed E-state index contributed by atoms with van der Waals surface area (Å²) in [6.45, 7) is 12.5. The standard InChI is InChI=1S/C16H28N4/c1-13(2)12-19-7-9-20(10-8-19)15-5-6-16(18-11-15)14(3)17-4/h5-6,11,13-14,17H,7-10,12H2,1-4H3. The second kappa shape index (κ2) is 7.04. The molecule has 1 saturated heterocycles. The van der Waals surface area contributed by atoms with Crippen LogP contribution in [0.25, 0.3) is 0 Å². The van der Waals surface area contributed by atoms with Gasteiger partial charge in [0.2, 0.25) is 0 Å². The Bertz CT molecular complexity index is 393. The molecule has 2 heterocycles. The molecule has 20 heavy (non-hydrogen) atoms. The van der Waals surface area contributed by atoms with Gasteiger partial charge in [0.05, 0.1) is 17.6 Å². The quantitative estimate of drug-likeness (QED) is 0.893. The van der Waals surface area contributed by atoms with Crippen molar-refractivity contribution < 1.29 is 0 Å². The predicted octanol–water partition coefficient (Wildman–Crippen LogP) is 2.14. The number of hydrogen-bond donors (Lipinski definition) is 1. The number of anilines is 1. The molecule has 1 aliphatic heterocycles. The first-order valence-electron chi connectivity index (χ1n) is 7.70. The number of piperazine rings is 1. The molecule has 112 valence electrons. The highest BCUT2D eigenvalue weighted by Gasteiger charge is 2.18. The molecule has 0 amide bonds. The van der Waals surface area contributed by atoms with Crippen molar-refractivity contribution in [1.82, 2.24) is 15.2 Å². The van der Waals surface area contributed by atoms with E-state index in [1.807, 2.05) is 13.2 Å². The van der Waals surface area contributed by atoms with Gasteiger partial charge in [0, 0.05) is 38.8 Å². The van der Waals surface area contributed by atoms with Crippen LogP contribution >= 0.6 is 0 Å². The van der Waals surface area contributed by atoms with Crippen molar-refractivity contribution in [2.75, 3.05) is 44.7 Å². The molecular weight excluding hydrogens is 248 g/mol. The first-order valence-corrected chi connectivity index (χ1v) is 7.70. The summed E-state index contributed by atoms with van der Waals surface area (Å²) >= 11 is 0. The number of rotatable bonds is 5. The van der Waals surface area contributed by atoms with Crippen LogP contribution in [0.1, 0.15) is 32.5 Å². The Balaban J connectivity index is 1.90. The third-order valence-electron chi connectivity index (χ3n) is 4.01. The van der Waals surface area contributed by atoms with Gasteiger partial charge in [-0.15, -0.1) is 0 Å². The Morgan fingerprint density at radius 2 is 1.85 bits per heavy atom. The lowest BCUT2D eigenvalue weighted by molar-refractivity contribution is 0.231. The van der Waals surface area contributed by atoms with E-state index in [9.17, 15) is 0 Å². The first-order chi connectivity index (χ1) is 9.60. The number of nitrogens with one attached hydrogen (secondary N) is 1. The van der Waals surface area contributed by atoms with Crippen molar-refractivity contribution in [2.24, 2.45) is 5.92 Å². The van der Waals surface area contributed by atoms with Crippen molar-refractivity contribution in [3.63, 3.8) is 0 Å². The predicted molar refractivity (Wildman–Crippen MR) is 85.2 cm³/mol. The Morgan fingerprint density at radius 3 is 2.35 bits per heavy atom. The summed E-state index contributed by atoms with van der Waals surface area (Å²) in [7, 11) is 1.97. The summed E-state index contributed by atoms with van der Waals surface area (Å²) < 4.78 is 0. The second-order valence-corrected chi connectivity index (χ2v) is 6.13. The molecule has 1 aromatic heterocycles. The van der Waals surface area contributed by atoms with Crippen LogP contribution in [-0.2, 0) is 0 Å². The van der Waals surface area contributed by atoms with Gasteiger partial charge in [0.25, 0.3) is 0 Å². The van der Waals surface area contributed by atoms with E-state index in [0.29, 0.717) is 6.04 Å². The van der Waals surface area contributed by atoms with Crippen LogP contribution in [0, 0.1) is 5.92 Å². The highest BCUT2D eigenvalue weighted by molar-refractivity contribution is 5.45. The number of nitrogens with zero attached hydrogens (tertiary/aromatic N) is 3. The average Bonchev–Trinajstić information content (AvgIpc) is 2.47. The summed E-state index contributed by atoms with van der Waals surface area (Å²) in [5.41, 5.74) is 2.36. The molecule has 0 aromatic carbocycles. The van der Waals surface area contributed by atoms with Crippen molar-refractivity contribution in [3.05, 3.63) is 24.0 Å². The van der Waals surface area contributed by atoms with Crippen LogP contribution < -0.4 is 10.2 Å². The summed E-state index contributed by atoms with van der Waals surface area (Å²) in [4.78, 5) is 9.58. The van der Waals surface area contributed by atoms with E-state index in [0.717, 1.165) is 37.8 Å². The molecule has 2 rings (SSSR count). The molecule has 0 bridgehead atoms.